The topological polar surface area (TPSA) is 29.5 Å². The van der Waals surface area contributed by atoms with E-state index in [1.54, 1.807) is 0 Å². The van der Waals surface area contributed by atoms with Gasteiger partial charge >= 0.3 is 0 Å². The summed E-state index contributed by atoms with van der Waals surface area (Å²) in [4.78, 5) is 0. The quantitative estimate of drug-likeness (QED) is 0.735. The summed E-state index contributed by atoms with van der Waals surface area (Å²) in [5, 5.41) is 9.57. The molecule has 2 nitrogen and oxygen atoms in total. The van der Waals surface area contributed by atoms with Gasteiger partial charge in [-0.05, 0) is 34.7 Å². The first-order valence-corrected chi connectivity index (χ1v) is 4.95. The van der Waals surface area contributed by atoms with Crippen molar-refractivity contribution in [1.29, 1.82) is 0 Å². The van der Waals surface area contributed by atoms with Crippen LogP contribution in [0.4, 0.5) is 0 Å². The Morgan fingerprint density at radius 2 is 2.33 bits per heavy atom. The molecule has 0 saturated heterocycles. The van der Waals surface area contributed by atoms with Crippen LogP contribution >= 0.6 is 22.6 Å². The van der Waals surface area contributed by atoms with E-state index < -0.39 is 0 Å². The Morgan fingerprint density at radius 1 is 1.50 bits per heavy atom. The van der Waals surface area contributed by atoms with Gasteiger partial charge in [0.05, 0.1) is 12.7 Å². The fourth-order valence-electron chi connectivity index (χ4n) is 1.34. The third-order valence-corrected chi connectivity index (χ3v) is 2.65. The van der Waals surface area contributed by atoms with E-state index in [0.29, 0.717) is 13.0 Å². The molecule has 12 heavy (non-hydrogen) atoms. The Labute approximate surface area is 84.7 Å². The Bertz CT molecular complexity index is 299. The molecule has 0 fully saturated rings. The third-order valence-electron chi connectivity index (χ3n) is 1.98. The highest BCUT2D eigenvalue weighted by atomic mass is 127. The average molecular weight is 276 g/mol. The summed E-state index contributed by atoms with van der Waals surface area (Å²) in [5.41, 5.74) is 0.918. The smallest absolute Gasteiger partial charge is 0.126 e. The van der Waals surface area contributed by atoms with Gasteiger partial charge in [0.1, 0.15) is 5.75 Å². The van der Waals surface area contributed by atoms with Gasteiger partial charge in [0, 0.05) is 15.6 Å². The summed E-state index contributed by atoms with van der Waals surface area (Å²) >= 11 is 2.23. The molecular formula is C9H9IO2. The molecule has 0 radical (unpaired) electrons. The number of hydrogen-bond acceptors (Lipinski definition) is 2. The van der Waals surface area contributed by atoms with Gasteiger partial charge in [0.2, 0.25) is 0 Å². The highest BCUT2D eigenvalue weighted by Crippen LogP contribution is 2.32. The maximum atomic E-state index is 9.57. The number of hydrogen-bond donors (Lipinski definition) is 1. The van der Waals surface area contributed by atoms with Gasteiger partial charge in [-0.3, -0.25) is 0 Å². The van der Waals surface area contributed by atoms with E-state index in [9.17, 15) is 5.11 Å². The summed E-state index contributed by atoms with van der Waals surface area (Å²) < 4.78 is 6.55. The van der Waals surface area contributed by atoms with Crippen molar-refractivity contribution in [1.82, 2.24) is 0 Å². The standard InChI is InChI=1S/C9H9IO2/c10-6-1-2-7-8(11)3-4-12-9(7)5-6/h1-2,5,8,11H,3-4H2/t8-/m0/s1. The van der Waals surface area contributed by atoms with Crippen molar-refractivity contribution in [3.8, 4) is 5.75 Å². The second-order valence-electron chi connectivity index (χ2n) is 2.84. The van der Waals surface area contributed by atoms with E-state index in [0.717, 1.165) is 14.9 Å². The minimum absolute atomic E-state index is 0.342. The summed E-state index contributed by atoms with van der Waals surface area (Å²) in [7, 11) is 0. The molecule has 1 N–H and O–H groups in total. The van der Waals surface area contributed by atoms with Crippen LogP contribution in [0.3, 0.4) is 0 Å². The fraction of sp³-hybridized carbons (Fsp3) is 0.333. The van der Waals surface area contributed by atoms with Gasteiger partial charge in [0.25, 0.3) is 0 Å². The molecule has 1 heterocycles. The lowest BCUT2D eigenvalue weighted by Gasteiger charge is -2.21. The predicted octanol–water partition coefficient (Wildman–Crippen LogP) is 2.11. The molecule has 0 unspecified atom stereocenters. The Hall–Kier alpha value is -0.290. The Balaban J connectivity index is 2.46. The van der Waals surface area contributed by atoms with Gasteiger partial charge in [-0.25, -0.2) is 0 Å². The van der Waals surface area contributed by atoms with Crippen molar-refractivity contribution in [2.45, 2.75) is 12.5 Å². The molecule has 0 amide bonds. The largest absolute Gasteiger partial charge is 0.493 e. The zero-order chi connectivity index (χ0) is 8.55. The molecule has 1 aliphatic rings. The SMILES string of the molecule is O[C@H]1CCOc2cc(I)ccc21. The first-order chi connectivity index (χ1) is 5.77. The predicted molar refractivity (Wildman–Crippen MR) is 54.2 cm³/mol. The summed E-state index contributed by atoms with van der Waals surface area (Å²) in [6.07, 6.45) is 0.360. The molecule has 1 aromatic rings. The second kappa shape index (κ2) is 3.22. The minimum atomic E-state index is -0.342. The number of fused-ring (bicyclic) bond motifs is 1. The maximum absolute atomic E-state index is 9.57. The molecular weight excluding hydrogens is 267 g/mol. The van der Waals surface area contributed by atoms with Crippen LogP contribution in [0.25, 0.3) is 0 Å². The number of rotatable bonds is 0. The van der Waals surface area contributed by atoms with Crippen LogP contribution < -0.4 is 4.74 Å². The van der Waals surface area contributed by atoms with Crippen LogP contribution in [0, 0.1) is 3.57 Å². The zero-order valence-electron chi connectivity index (χ0n) is 6.46. The number of ether oxygens (including phenoxy) is 1. The number of aliphatic hydroxyl groups is 1. The summed E-state index contributed by atoms with van der Waals surface area (Å²) in [5.74, 6) is 0.834. The van der Waals surface area contributed by atoms with E-state index in [2.05, 4.69) is 22.6 Å². The second-order valence-corrected chi connectivity index (χ2v) is 4.08. The third kappa shape index (κ3) is 1.43. The highest BCUT2D eigenvalue weighted by molar-refractivity contribution is 14.1. The molecule has 0 bridgehead atoms. The van der Waals surface area contributed by atoms with Crippen LogP contribution in [0.5, 0.6) is 5.75 Å². The minimum Gasteiger partial charge on any atom is -0.493 e. The number of halogens is 1. The monoisotopic (exact) mass is 276 g/mol. The van der Waals surface area contributed by atoms with Gasteiger partial charge in [-0.2, -0.15) is 0 Å². The van der Waals surface area contributed by atoms with Crippen molar-refractivity contribution in [2.24, 2.45) is 0 Å². The van der Waals surface area contributed by atoms with Crippen molar-refractivity contribution in [3.63, 3.8) is 0 Å². The lowest BCUT2D eigenvalue weighted by molar-refractivity contribution is 0.115. The van der Waals surface area contributed by atoms with Crippen LogP contribution in [-0.2, 0) is 0 Å². The molecule has 0 saturated carbocycles. The average Bonchev–Trinajstić information content (AvgIpc) is 2.04. The van der Waals surface area contributed by atoms with E-state index in [1.165, 1.54) is 0 Å². The van der Waals surface area contributed by atoms with Crippen molar-refractivity contribution < 1.29 is 9.84 Å². The molecule has 64 valence electrons. The summed E-state index contributed by atoms with van der Waals surface area (Å²) in [6, 6.07) is 5.87. The van der Waals surface area contributed by atoms with Gasteiger partial charge in [-0.15, -0.1) is 0 Å². The van der Waals surface area contributed by atoms with Gasteiger partial charge in [-0.1, -0.05) is 6.07 Å². The van der Waals surface area contributed by atoms with E-state index in [-0.39, 0.29) is 6.10 Å². The lowest BCUT2D eigenvalue weighted by atomic mass is 10.0. The highest BCUT2D eigenvalue weighted by Gasteiger charge is 2.18. The molecule has 3 heteroatoms. The van der Waals surface area contributed by atoms with Gasteiger partial charge < -0.3 is 9.84 Å². The first kappa shape index (κ1) is 8.31. The van der Waals surface area contributed by atoms with E-state index in [1.807, 2.05) is 18.2 Å². The Kier molecular flexibility index (Phi) is 2.23. The summed E-state index contributed by atoms with van der Waals surface area (Å²) in [6.45, 7) is 0.619. The Morgan fingerprint density at radius 3 is 3.17 bits per heavy atom. The van der Waals surface area contributed by atoms with Crippen LogP contribution in [-0.4, -0.2) is 11.7 Å². The van der Waals surface area contributed by atoms with Crippen molar-refractivity contribution in [2.75, 3.05) is 6.61 Å². The number of aliphatic hydroxyl groups excluding tert-OH is 1. The molecule has 1 aromatic carbocycles. The van der Waals surface area contributed by atoms with E-state index in [4.69, 9.17) is 4.74 Å². The lowest BCUT2D eigenvalue weighted by Crippen LogP contribution is -2.13. The fourth-order valence-corrected chi connectivity index (χ4v) is 1.81. The van der Waals surface area contributed by atoms with Crippen LogP contribution in [0.2, 0.25) is 0 Å². The maximum Gasteiger partial charge on any atom is 0.126 e. The number of benzene rings is 1. The zero-order valence-corrected chi connectivity index (χ0v) is 8.61. The van der Waals surface area contributed by atoms with Crippen molar-refractivity contribution in [3.05, 3.63) is 27.3 Å². The van der Waals surface area contributed by atoms with Crippen LogP contribution in [0.15, 0.2) is 18.2 Å². The molecule has 2 rings (SSSR count). The molecule has 0 aromatic heterocycles. The van der Waals surface area contributed by atoms with Gasteiger partial charge in [0.15, 0.2) is 0 Å². The first-order valence-electron chi connectivity index (χ1n) is 3.87. The van der Waals surface area contributed by atoms with Crippen LogP contribution in [0.1, 0.15) is 18.1 Å². The normalized spacial score (nSPS) is 21.3. The molecule has 1 aliphatic heterocycles. The molecule has 1 atom stereocenters. The van der Waals surface area contributed by atoms with E-state index >= 15 is 0 Å². The van der Waals surface area contributed by atoms with Crippen molar-refractivity contribution >= 4 is 22.6 Å². The molecule has 0 aliphatic carbocycles. The molecule has 0 spiro atoms.